The van der Waals surface area contributed by atoms with E-state index in [4.69, 9.17) is 14.9 Å². The third kappa shape index (κ3) is 3.53. The van der Waals surface area contributed by atoms with Crippen LogP contribution in [-0.2, 0) is 16.0 Å². The number of aliphatic imine (C=N–C) groups is 1. The highest BCUT2D eigenvalue weighted by atomic mass is 16.3. The number of allylic oxidation sites excluding steroid dienone is 6. The number of hydrogen-bond donors (Lipinski definition) is 1. The summed E-state index contributed by atoms with van der Waals surface area (Å²) >= 11 is 0. The van der Waals surface area contributed by atoms with E-state index in [1.165, 1.54) is 16.8 Å². The fourth-order valence-corrected chi connectivity index (χ4v) is 5.10. The topological polar surface area (TPSA) is 74.9 Å². The summed E-state index contributed by atoms with van der Waals surface area (Å²) in [7, 11) is 2.18. The predicted molar refractivity (Wildman–Crippen MR) is 114 cm³/mol. The summed E-state index contributed by atoms with van der Waals surface area (Å²) < 4.78 is 2.31. The molecule has 1 fully saturated rings. The van der Waals surface area contributed by atoms with E-state index < -0.39 is 0 Å². The minimum atomic E-state index is -0.250. The molecule has 0 radical (unpaired) electrons. The van der Waals surface area contributed by atoms with Crippen molar-refractivity contribution >= 4 is 30.2 Å². The maximum Gasteiger partial charge on any atom is 0.290 e. The van der Waals surface area contributed by atoms with Gasteiger partial charge in [-0.25, -0.2) is 0 Å². The number of nitrogens with zero attached hydrogens (tertiary/aromatic N) is 3. The molecule has 0 spiro atoms. The molecule has 3 heterocycles. The molecule has 6 nitrogen and oxygen atoms in total. The van der Waals surface area contributed by atoms with Crippen molar-refractivity contribution in [2.45, 2.75) is 25.7 Å². The lowest BCUT2D eigenvalue weighted by molar-refractivity contribution is -0.122. The van der Waals surface area contributed by atoms with Crippen LogP contribution in [0, 0.1) is 17.8 Å². The van der Waals surface area contributed by atoms with Crippen molar-refractivity contribution in [1.82, 2.24) is 9.47 Å². The van der Waals surface area contributed by atoms with Gasteiger partial charge >= 0.3 is 0 Å². The van der Waals surface area contributed by atoms with Gasteiger partial charge in [-0.3, -0.25) is 9.79 Å². The third-order valence-electron chi connectivity index (χ3n) is 6.52. The molecular formula is C23H27N3O3. The zero-order valence-electron chi connectivity index (χ0n) is 16.7. The molecule has 1 aromatic rings. The van der Waals surface area contributed by atoms with Gasteiger partial charge in [-0.1, -0.05) is 12.2 Å². The molecule has 2 aliphatic heterocycles. The highest BCUT2D eigenvalue weighted by Gasteiger charge is 2.38. The van der Waals surface area contributed by atoms with Crippen LogP contribution >= 0.6 is 0 Å². The van der Waals surface area contributed by atoms with Gasteiger partial charge in [-0.15, -0.1) is 0 Å². The zero-order valence-corrected chi connectivity index (χ0v) is 16.7. The summed E-state index contributed by atoms with van der Waals surface area (Å²) in [5.41, 5.74) is 6.19. The van der Waals surface area contributed by atoms with Gasteiger partial charge in [-0.2, -0.15) is 0 Å². The molecule has 0 saturated carbocycles. The van der Waals surface area contributed by atoms with Gasteiger partial charge in [0.15, 0.2) is 0 Å². The van der Waals surface area contributed by atoms with Crippen molar-refractivity contribution in [2.24, 2.45) is 22.7 Å². The molecule has 1 aromatic heterocycles. The molecule has 0 aromatic carbocycles. The average molecular weight is 393 g/mol. The van der Waals surface area contributed by atoms with Gasteiger partial charge < -0.3 is 19.4 Å². The number of aldehydes is 1. The van der Waals surface area contributed by atoms with Gasteiger partial charge in [-0.05, 0) is 69.4 Å². The number of rotatable bonds is 2. The molecule has 2 unspecified atom stereocenters. The molecule has 6 heteroatoms. The maximum atomic E-state index is 11.9. The second kappa shape index (κ2) is 8.33. The standard InChI is InChI=1S/C22H25N3O.CH2O2/c1-24-10-7-15(8-11-24)20-18(14-26)5-6-19-21(20)23-13-17-4-2-3-16-9-12-25(19)22(16)17;2-1-3/h4-6,9,12-15,18,20H,2-3,7-8,10-11H2,1H3;1H,(H,2,3). The highest BCUT2D eigenvalue weighted by Crippen LogP contribution is 2.44. The van der Waals surface area contributed by atoms with Crippen molar-refractivity contribution in [3.05, 3.63) is 47.4 Å². The van der Waals surface area contributed by atoms with E-state index in [1.807, 2.05) is 6.21 Å². The molecule has 2 atom stereocenters. The third-order valence-corrected chi connectivity index (χ3v) is 6.52. The molecule has 1 saturated heterocycles. The summed E-state index contributed by atoms with van der Waals surface area (Å²) in [6, 6.07) is 2.25. The largest absolute Gasteiger partial charge is 0.483 e. The van der Waals surface area contributed by atoms with Crippen molar-refractivity contribution in [1.29, 1.82) is 0 Å². The van der Waals surface area contributed by atoms with Gasteiger partial charge in [0.05, 0.1) is 17.1 Å². The Labute approximate surface area is 170 Å². The van der Waals surface area contributed by atoms with Crippen LogP contribution in [0.3, 0.4) is 0 Å². The first-order valence-electron chi connectivity index (χ1n) is 10.3. The maximum absolute atomic E-state index is 11.9. The van der Waals surface area contributed by atoms with E-state index in [9.17, 15) is 4.79 Å². The van der Waals surface area contributed by atoms with E-state index in [2.05, 4.69) is 47.0 Å². The van der Waals surface area contributed by atoms with Crippen LogP contribution in [0.1, 0.15) is 30.5 Å². The van der Waals surface area contributed by atoms with Crippen LogP contribution in [-0.4, -0.2) is 53.7 Å². The Bertz CT molecular complexity index is 914. The molecule has 29 heavy (non-hydrogen) atoms. The fourth-order valence-electron chi connectivity index (χ4n) is 5.10. The van der Waals surface area contributed by atoms with E-state index >= 15 is 0 Å². The number of piperidine rings is 1. The molecule has 2 aliphatic carbocycles. The van der Waals surface area contributed by atoms with Crippen molar-refractivity contribution < 1.29 is 14.7 Å². The summed E-state index contributed by atoms with van der Waals surface area (Å²) in [6.45, 7) is 1.96. The number of aromatic nitrogens is 1. The Balaban J connectivity index is 0.000000645. The Morgan fingerprint density at radius 2 is 2.00 bits per heavy atom. The highest BCUT2D eigenvalue weighted by molar-refractivity contribution is 6.12. The molecule has 0 amide bonds. The quantitative estimate of drug-likeness (QED) is 0.784. The Kier molecular flexibility index (Phi) is 5.62. The molecule has 4 aliphatic rings. The van der Waals surface area contributed by atoms with Crippen LogP contribution in [0.5, 0.6) is 0 Å². The van der Waals surface area contributed by atoms with Crippen molar-refractivity contribution in [2.75, 3.05) is 20.1 Å². The van der Waals surface area contributed by atoms with Gasteiger partial charge in [0.25, 0.3) is 6.47 Å². The number of carbonyl (C=O) groups is 2. The minimum absolute atomic E-state index is 0.0616. The van der Waals surface area contributed by atoms with E-state index in [0.29, 0.717) is 5.92 Å². The van der Waals surface area contributed by atoms with Crippen LogP contribution < -0.4 is 0 Å². The number of likely N-dealkylation sites (tertiary alicyclic amines) is 1. The average Bonchev–Trinajstić information content (AvgIpc) is 3.10. The summed E-state index contributed by atoms with van der Waals surface area (Å²) in [5, 5.41) is 6.89. The van der Waals surface area contributed by atoms with Crippen molar-refractivity contribution in [3.8, 4) is 0 Å². The normalized spacial score (nSPS) is 25.9. The SMILES string of the molecule is CN1CCC(C2C3=C(C=CC2C=O)n2ccc4c2C(=CCC4)C=N3)CC1.O=CO. The molecule has 1 N–H and O–H groups in total. The van der Waals surface area contributed by atoms with Crippen molar-refractivity contribution in [3.63, 3.8) is 0 Å². The van der Waals surface area contributed by atoms with Gasteiger partial charge in [0, 0.05) is 29.8 Å². The summed E-state index contributed by atoms with van der Waals surface area (Å²) in [4.78, 5) is 27.6. The van der Waals surface area contributed by atoms with Crippen LogP contribution in [0.15, 0.2) is 41.2 Å². The molecular weight excluding hydrogens is 366 g/mol. The minimum Gasteiger partial charge on any atom is -0.483 e. The monoisotopic (exact) mass is 393 g/mol. The van der Waals surface area contributed by atoms with Crippen LogP contribution in [0.4, 0.5) is 0 Å². The number of hydrogen-bond acceptors (Lipinski definition) is 4. The fraction of sp³-hybridized carbons (Fsp3) is 0.435. The Morgan fingerprint density at radius 3 is 2.72 bits per heavy atom. The lowest BCUT2D eigenvalue weighted by Gasteiger charge is -2.38. The van der Waals surface area contributed by atoms with Crippen LogP contribution in [0.2, 0.25) is 0 Å². The Hall–Kier alpha value is -2.73. The Morgan fingerprint density at radius 1 is 1.24 bits per heavy atom. The molecule has 5 rings (SSSR count). The lowest BCUT2D eigenvalue weighted by Crippen LogP contribution is -2.37. The van der Waals surface area contributed by atoms with Gasteiger partial charge in [0.2, 0.25) is 0 Å². The van der Waals surface area contributed by atoms with E-state index in [-0.39, 0.29) is 18.3 Å². The predicted octanol–water partition coefficient (Wildman–Crippen LogP) is 3.11. The number of fused-ring (bicyclic) bond motifs is 1. The van der Waals surface area contributed by atoms with E-state index in [1.54, 1.807) is 0 Å². The summed E-state index contributed by atoms with van der Waals surface area (Å²) in [5.74, 6) is 0.646. The van der Waals surface area contributed by atoms with Gasteiger partial charge in [0.1, 0.15) is 6.29 Å². The second-order valence-corrected chi connectivity index (χ2v) is 8.13. The first-order valence-corrected chi connectivity index (χ1v) is 10.3. The molecule has 0 bridgehead atoms. The van der Waals surface area contributed by atoms with E-state index in [0.717, 1.165) is 56.5 Å². The second-order valence-electron chi connectivity index (χ2n) is 8.13. The lowest BCUT2D eigenvalue weighted by atomic mass is 9.73. The first kappa shape index (κ1) is 19.6. The number of carbonyl (C=O) groups excluding carboxylic acids is 1. The van der Waals surface area contributed by atoms with Crippen LogP contribution in [0.25, 0.3) is 11.3 Å². The first-order chi connectivity index (χ1) is 14.2. The smallest absolute Gasteiger partial charge is 0.290 e. The zero-order chi connectivity index (χ0) is 20.4. The summed E-state index contributed by atoms with van der Waals surface area (Å²) in [6.07, 6.45) is 16.3. The number of carboxylic acid groups (broad SMARTS) is 1. The molecule has 152 valence electrons. The number of aryl methyl sites for hydroxylation is 1.